The van der Waals surface area contributed by atoms with Gasteiger partial charge in [0.25, 0.3) is 5.60 Å². The summed E-state index contributed by atoms with van der Waals surface area (Å²) in [6, 6.07) is 6.82. The molecule has 1 aromatic rings. The average Bonchev–Trinajstić information content (AvgIpc) is 3.34. The molecule has 2 saturated carbocycles. The summed E-state index contributed by atoms with van der Waals surface area (Å²) in [5.41, 5.74) is -1.56. The van der Waals surface area contributed by atoms with Crippen LogP contribution >= 0.6 is 0 Å². The van der Waals surface area contributed by atoms with Gasteiger partial charge in [0.05, 0.1) is 5.92 Å². The van der Waals surface area contributed by atoms with Gasteiger partial charge in [0.1, 0.15) is 11.9 Å². The molecule has 0 radical (unpaired) electrons. The third-order valence-corrected chi connectivity index (χ3v) is 12.2. The summed E-state index contributed by atoms with van der Waals surface area (Å²) in [6.45, 7) is 15.5. The number of allylic oxidation sites excluding steroid dienone is 3. The van der Waals surface area contributed by atoms with Crippen LogP contribution < -0.4 is 0 Å². The summed E-state index contributed by atoms with van der Waals surface area (Å²) in [5.74, 6) is 0.123. The summed E-state index contributed by atoms with van der Waals surface area (Å²) in [7, 11) is 0.861. The highest BCUT2D eigenvalue weighted by molar-refractivity contribution is 5.83. The largest absolute Gasteiger partial charge is 0.460 e. The number of fused-ring (bicyclic) bond motifs is 4. The number of ether oxygens (including phenoxy) is 3. The van der Waals surface area contributed by atoms with Crippen LogP contribution in [0.1, 0.15) is 98.0 Å². The van der Waals surface area contributed by atoms with Crippen LogP contribution in [-0.4, -0.2) is 31.3 Å². The van der Waals surface area contributed by atoms with E-state index in [1.165, 1.54) is 35.4 Å². The summed E-state index contributed by atoms with van der Waals surface area (Å²) in [5, 5.41) is 0. The average molecular weight is 631 g/mol. The molecule has 5 nitrogen and oxygen atoms in total. The summed E-state index contributed by atoms with van der Waals surface area (Å²) < 4.78 is 60.1. The topological polar surface area (TPSA) is 61.8 Å². The molecule has 1 heterocycles. The zero-order chi connectivity index (χ0) is 32.9. The van der Waals surface area contributed by atoms with E-state index in [-0.39, 0.29) is 29.3 Å². The van der Waals surface area contributed by atoms with Crippen molar-refractivity contribution < 1.29 is 37.0 Å². The lowest BCUT2D eigenvalue weighted by atomic mass is 9.54. The van der Waals surface area contributed by atoms with Gasteiger partial charge in [-0.05, 0) is 86.5 Å². The Hall–Kier alpha value is -2.61. The number of esters is 2. The van der Waals surface area contributed by atoms with Crippen LogP contribution in [0.15, 0.2) is 53.8 Å². The predicted molar refractivity (Wildman–Crippen MR) is 166 cm³/mol. The molecular formula is C37H49F3O5. The number of carbonyl (C=O) groups excluding carboxylic acids is 2. The van der Waals surface area contributed by atoms with E-state index in [0.29, 0.717) is 30.6 Å². The van der Waals surface area contributed by atoms with Crippen LogP contribution in [0.25, 0.3) is 0 Å². The van der Waals surface area contributed by atoms with Crippen LogP contribution in [0.2, 0.25) is 0 Å². The van der Waals surface area contributed by atoms with Gasteiger partial charge >= 0.3 is 18.1 Å². The molecule has 5 rings (SSSR count). The maximum absolute atomic E-state index is 14.5. The molecule has 0 N–H and O–H groups in total. The number of halogens is 3. The number of benzene rings is 1. The number of methoxy groups -OCH3 is 1. The van der Waals surface area contributed by atoms with Crippen LogP contribution in [0.3, 0.4) is 0 Å². The molecule has 0 bridgehead atoms. The smallest absolute Gasteiger partial charge is 0.432 e. The van der Waals surface area contributed by atoms with Crippen LogP contribution in [0.4, 0.5) is 13.2 Å². The zero-order valence-electron chi connectivity index (χ0n) is 27.6. The predicted octanol–water partition coefficient (Wildman–Crippen LogP) is 9.07. The zero-order valence-corrected chi connectivity index (χ0v) is 27.6. The van der Waals surface area contributed by atoms with Gasteiger partial charge < -0.3 is 14.2 Å². The fraction of sp³-hybridized carbons (Fsp3) is 0.676. The van der Waals surface area contributed by atoms with Crippen molar-refractivity contribution in [2.45, 2.75) is 110 Å². The second-order valence-corrected chi connectivity index (χ2v) is 14.9. The molecule has 8 atom stereocenters. The van der Waals surface area contributed by atoms with E-state index in [4.69, 9.17) is 14.2 Å². The first-order valence-corrected chi connectivity index (χ1v) is 16.6. The van der Waals surface area contributed by atoms with Crippen molar-refractivity contribution in [3.63, 3.8) is 0 Å². The van der Waals surface area contributed by atoms with Crippen molar-refractivity contribution in [3.05, 3.63) is 59.4 Å². The van der Waals surface area contributed by atoms with E-state index in [2.05, 4.69) is 41.2 Å². The molecule has 8 heteroatoms. The van der Waals surface area contributed by atoms with Crippen LogP contribution in [0.5, 0.6) is 0 Å². The molecule has 0 spiro atoms. The standard InChI is InChI=1S/C37H49F3O5/c1-22(2)23(3)13-14-24(4)27-15-16-28-31-29(18-20-34(27,28)5)35(6)19-17-26(21-30(35)32(41)45-31)44-33(42)36(43-7,37(38,39)40)25-11-9-8-10-12-25/h8-12,22,24,26-28,30H,3,13-21H2,1-2,4-7H3/t24-,26+,27-,28+,30-,34-,35-,36+/m1/s1. The van der Waals surface area contributed by atoms with Gasteiger partial charge in [0.2, 0.25) is 0 Å². The fourth-order valence-electron chi connectivity index (χ4n) is 9.22. The van der Waals surface area contributed by atoms with Crippen LogP contribution in [-0.2, 0) is 29.4 Å². The van der Waals surface area contributed by atoms with Crippen molar-refractivity contribution in [2.75, 3.05) is 7.11 Å². The van der Waals surface area contributed by atoms with Gasteiger partial charge in [0, 0.05) is 24.0 Å². The van der Waals surface area contributed by atoms with Gasteiger partial charge in [-0.25, -0.2) is 4.79 Å². The van der Waals surface area contributed by atoms with Crippen molar-refractivity contribution in [1.82, 2.24) is 0 Å². The first-order valence-electron chi connectivity index (χ1n) is 16.6. The number of rotatable bonds is 9. The van der Waals surface area contributed by atoms with Gasteiger partial charge in [0.15, 0.2) is 0 Å². The highest BCUT2D eigenvalue weighted by Crippen LogP contribution is 2.65. The van der Waals surface area contributed by atoms with E-state index in [0.717, 1.165) is 51.4 Å². The minimum absolute atomic E-state index is 0.0478. The lowest BCUT2D eigenvalue weighted by Gasteiger charge is -2.53. The van der Waals surface area contributed by atoms with Gasteiger partial charge in [-0.2, -0.15) is 13.2 Å². The van der Waals surface area contributed by atoms with E-state index >= 15 is 0 Å². The molecule has 1 aliphatic heterocycles. The Morgan fingerprint density at radius 2 is 1.76 bits per heavy atom. The highest BCUT2D eigenvalue weighted by atomic mass is 19.4. The highest BCUT2D eigenvalue weighted by Gasteiger charge is 2.65. The Morgan fingerprint density at radius 1 is 1.07 bits per heavy atom. The van der Waals surface area contributed by atoms with Crippen molar-refractivity contribution >= 4 is 11.9 Å². The second-order valence-electron chi connectivity index (χ2n) is 14.9. The van der Waals surface area contributed by atoms with Gasteiger partial charge in [-0.3, -0.25) is 4.79 Å². The Morgan fingerprint density at radius 3 is 2.38 bits per heavy atom. The first kappa shape index (κ1) is 33.7. The molecule has 2 fully saturated rings. The molecule has 45 heavy (non-hydrogen) atoms. The molecular weight excluding hydrogens is 581 g/mol. The molecule has 1 aromatic carbocycles. The number of alkyl halides is 3. The number of hydrogen-bond acceptors (Lipinski definition) is 5. The SMILES string of the molecule is C=C(CC[C@@H](C)[C@H]1CC[C@H]2C3=C(CC[C@]12C)[C@@]1(C)CC[C@H](OC(=O)[C@@](OC)(c2ccccc2)C(F)(F)F)C[C@@H]1C(=O)O3)C(C)C. The summed E-state index contributed by atoms with van der Waals surface area (Å²) in [4.78, 5) is 27.0. The fourth-order valence-corrected chi connectivity index (χ4v) is 9.22. The minimum atomic E-state index is -5.05. The van der Waals surface area contributed by atoms with Gasteiger partial charge in [-0.15, -0.1) is 0 Å². The molecule has 3 aliphatic carbocycles. The van der Waals surface area contributed by atoms with E-state index in [9.17, 15) is 22.8 Å². The Labute approximate surface area is 266 Å². The number of carbonyl (C=O) groups is 2. The molecule has 4 aliphatic rings. The first-order chi connectivity index (χ1) is 21.1. The van der Waals surface area contributed by atoms with Gasteiger partial charge in [-0.1, -0.05) is 77.1 Å². The van der Waals surface area contributed by atoms with Crippen molar-refractivity contribution in [2.24, 2.45) is 40.4 Å². The van der Waals surface area contributed by atoms with Crippen molar-refractivity contribution in [3.8, 4) is 0 Å². The molecule has 0 amide bonds. The minimum Gasteiger partial charge on any atom is -0.460 e. The molecule has 248 valence electrons. The van der Waals surface area contributed by atoms with E-state index < -0.39 is 35.2 Å². The van der Waals surface area contributed by atoms with Crippen molar-refractivity contribution in [1.29, 1.82) is 0 Å². The lowest BCUT2D eigenvalue weighted by molar-refractivity contribution is -0.279. The molecule has 0 saturated heterocycles. The Balaban J connectivity index is 1.34. The maximum Gasteiger partial charge on any atom is 0.432 e. The monoisotopic (exact) mass is 630 g/mol. The third kappa shape index (κ3) is 5.57. The van der Waals surface area contributed by atoms with Crippen LogP contribution in [0, 0.1) is 40.4 Å². The number of hydrogen-bond donors (Lipinski definition) is 0. The maximum atomic E-state index is 14.5. The Bertz CT molecular complexity index is 1340. The third-order valence-electron chi connectivity index (χ3n) is 12.2. The normalized spacial score (nSPS) is 33.4. The molecule has 0 unspecified atom stereocenters. The lowest BCUT2D eigenvalue weighted by Crippen LogP contribution is -2.54. The van der Waals surface area contributed by atoms with E-state index in [1.54, 1.807) is 6.07 Å². The quantitative estimate of drug-likeness (QED) is 0.201. The molecule has 0 aromatic heterocycles. The second kappa shape index (κ2) is 12.2. The Kier molecular flexibility index (Phi) is 9.15. The van der Waals surface area contributed by atoms with E-state index in [1.807, 2.05) is 0 Å². The summed E-state index contributed by atoms with van der Waals surface area (Å²) in [6.07, 6.45) is 1.17. The summed E-state index contributed by atoms with van der Waals surface area (Å²) >= 11 is 0.